The number of aliphatic hydroxyl groups excluding tert-OH is 2. The Kier molecular flexibility index (Phi) is 2.30. The van der Waals surface area contributed by atoms with Crippen molar-refractivity contribution in [2.24, 2.45) is 5.41 Å². The maximum Gasteiger partial charge on any atom is 0.0852 e. The van der Waals surface area contributed by atoms with Crippen LogP contribution in [0.15, 0.2) is 24.3 Å². The van der Waals surface area contributed by atoms with Crippen LogP contribution in [0.5, 0.6) is 0 Å². The van der Waals surface area contributed by atoms with Crippen LogP contribution in [0, 0.1) is 5.41 Å². The minimum atomic E-state index is -0.323. The van der Waals surface area contributed by atoms with Gasteiger partial charge in [-0.2, -0.15) is 0 Å². The highest BCUT2D eigenvalue weighted by molar-refractivity contribution is 5.37. The van der Waals surface area contributed by atoms with Gasteiger partial charge in [0.15, 0.2) is 0 Å². The second kappa shape index (κ2) is 3.57. The quantitative estimate of drug-likeness (QED) is 0.701. The molecule has 3 rings (SSSR count). The lowest BCUT2D eigenvalue weighted by Crippen LogP contribution is -2.33. The minimum Gasteiger partial charge on any atom is -0.393 e. The Balaban J connectivity index is 1.91. The topological polar surface area (TPSA) is 40.5 Å². The van der Waals surface area contributed by atoms with Gasteiger partial charge in [-0.3, -0.25) is 0 Å². The van der Waals surface area contributed by atoms with E-state index < -0.39 is 0 Å². The SMILES string of the molecule is OC1CCC2(CC1)Cc1ccccc1[C@@H]2O. The van der Waals surface area contributed by atoms with Crippen molar-refractivity contribution in [3.8, 4) is 0 Å². The van der Waals surface area contributed by atoms with Gasteiger partial charge in [0, 0.05) is 5.41 Å². The first-order valence-electron chi connectivity index (χ1n) is 6.15. The molecule has 0 heterocycles. The highest BCUT2D eigenvalue weighted by atomic mass is 16.3. The van der Waals surface area contributed by atoms with E-state index in [1.807, 2.05) is 18.2 Å². The summed E-state index contributed by atoms with van der Waals surface area (Å²) in [5.74, 6) is 0. The fourth-order valence-electron chi connectivity index (χ4n) is 3.40. The third kappa shape index (κ3) is 1.40. The molecule has 0 aliphatic heterocycles. The van der Waals surface area contributed by atoms with Gasteiger partial charge in [0.05, 0.1) is 12.2 Å². The van der Waals surface area contributed by atoms with Gasteiger partial charge in [0.2, 0.25) is 0 Å². The van der Waals surface area contributed by atoms with Gasteiger partial charge < -0.3 is 10.2 Å². The number of hydrogen-bond acceptors (Lipinski definition) is 2. The van der Waals surface area contributed by atoms with Crippen molar-refractivity contribution in [3.63, 3.8) is 0 Å². The first-order valence-corrected chi connectivity index (χ1v) is 6.15. The Labute approximate surface area is 95.9 Å². The molecule has 86 valence electrons. The first kappa shape index (κ1) is 10.3. The largest absolute Gasteiger partial charge is 0.393 e. The molecule has 1 saturated carbocycles. The van der Waals surface area contributed by atoms with Crippen LogP contribution >= 0.6 is 0 Å². The van der Waals surface area contributed by atoms with Crippen LogP contribution in [0.4, 0.5) is 0 Å². The molecule has 16 heavy (non-hydrogen) atoms. The molecule has 2 heteroatoms. The summed E-state index contributed by atoms with van der Waals surface area (Å²) in [6.45, 7) is 0. The van der Waals surface area contributed by atoms with E-state index in [1.54, 1.807) is 0 Å². The summed E-state index contributed by atoms with van der Waals surface area (Å²) in [6, 6.07) is 8.21. The average molecular weight is 218 g/mol. The molecule has 0 radical (unpaired) electrons. The first-order chi connectivity index (χ1) is 7.71. The van der Waals surface area contributed by atoms with E-state index >= 15 is 0 Å². The van der Waals surface area contributed by atoms with Gasteiger partial charge >= 0.3 is 0 Å². The third-order valence-corrected chi connectivity index (χ3v) is 4.42. The zero-order chi connectivity index (χ0) is 11.2. The van der Waals surface area contributed by atoms with Gasteiger partial charge in [-0.15, -0.1) is 0 Å². The van der Waals surface area contributed by atoms with Crippen LogP contribution in [0.1, 0.15) is 42.9 Å². The van der Waals surface area contributed by atoms with E-state index in [0.717, 1.165) is 37.7 Å². The van der Waals surface area contributed by atoms with Gasteiger partial charge in [0.25, 0.3) is 0 Å². The fourth-order valence-corrected chi connectivity index (χ4v) is 3.40. The molecule has 0 unspecified atom stereocenters. The number of aliphatic hydroxyl groups is 2. The lowest BCUT2D eigenvalue weighted by atomic mass is 9.70. The Morgan fingerprint density at radius 1 is 1.06 bits per heavy atom. The van der Waals surface area contributed by atoms with E-state index in [2.05, 4.69) is 6.07 Å². The standard InChI is InChI=1S/C14H18O2/c15-11-5-7-14(8-6-11)9-10-3-1-2-4-12(10)13(14)16/h1-4,11,13,15-16H,5-9H2/t11?,13-,14?/m0/s1. The Hall–Kier alpha value is -0.860. The second-order valence-corrected chi connectivity index (χ2v) is 5.37. The molecule has 1 atom stereocenters. The lowest BCUT2D eigenvalue weighted by Gasteiger charge is -2.38. The Morgan fingerprint density at radius 2 is 1.75 bits per heavy atom. The van der Waals surface area contributed by atoms with Crippen molar-refractivity contribution in [1.29, 1.82) is 0 Å². The lowest BCUT2D eigenvalue weighted by molar-refractivity contribution is -0.0221. The minimum absolute atomic E-state index is 0.0168. The van der Waals surface area contributed by atoms with E-state index in [-0.39, 0.29) is 17.6 Å². The molecule has 1 spiro atoms. The van der Waals surface area contributed by atoms with Crippen LogP contribution < -0.4 is 0 Å². The van der Waals surface area contributed by atoms with Gasteiger partial charge in [-0.1, -0.05) is 24.3 Å². The van der Waals surface area contributed by atoms with Crippen molar-refractivity contribution in [3.05, 3.63) is 35.4 Å². The van der Waals surface area contributed by atoms with Crippen molar-refractivity contribution >= 4 is 0 Å². The third-order valence-electron chi connectivity index (χ3n) is 4.42. The summed E-state index contributed by atoms with van der Waals surface area (Å²) in [4.78, 5) is 0. The Morgan fingerprint density at radius 3 is 2.44 bits per heavy atom. The molecule has 1 aromatic carbocycles. The van der Waals surface area contributed by atoms with Crippen LogP contribution in [0.3, 0.4) is 0 Å². The molecule has 2 aliphatic carbocycles. The van der Waals surface area contributed by atoms with Crippen LogP contribution in [0.2, 0.25) is 0 Å². The maximum absolute atomic E-state index is 10.5. The predicted octanol–water partition coefficient (Wildman–Crippen LogP) is 2.20. The normalized spacial score (nSPS) is 37.6. The molecule has 2 nitrogen and oxygen atoms in total. The highest BCUT2D eigenvalue weighted by Crippen LogP contribution is 2.53. The highest BCUT2D eigenvalue weighted by Gasteiger charge is 2.46. The zero-order valence-electron chi connectivity index (χ0n) is 9.39. The molecular formula is C14H18O2. The van der Waals surface area contributed by atoms with E-state index in [9.17, 15) is 10.2 Å². The van der Waals surface area contributed by atoms with Crippen LogP contribution in [-0.4, -0.2) is 16.3 Å². The van der Waals surface area contributed by atoms with Crippen molar-refractivity contribution in [1.82, 2.24) is 0 Å². The summed E-state index contributed by atoms with van der Waals surface area (Å²) in [5.41, 5.74) is 2.42. The molecule has 0 bridgehead atoms. The molecular weight excluding hydrogens is 200 g/mol. The molecule has 0 aromatic heterocycles. The molecule has 0 saturated heterocycles. The van der Waals surface area contributed by atoms with E-state index in [0.29, 0.717) is 0 Å². The molecule has 0 amide bonds. The molecule has 2 N–H and O–H groups in total. The summed E-state index contributed by atoms with van der Waals surface area (Å²) in [6.07, 6.45) is 4.08. The number of benzene rings is 1. The zero-order valence-corrected chi connectivity index (χ0v) is 9.39. The van der Waals surface area contributed by atoms with Crippen molar-refractivity contribution in [2.45, 2.75) is 44.3 Å². The average Bonchev–Trinajstić information content (AvgIpc) is 2.58. The molecule has 2 aliphatic rings. The maximum atomic E-state index is 10.5. The summed E-state index contributed by atoms with van der Waals surface area (Å²) >= 11 is 0. The number of hydrogen-bond donors (Lipinski definition) is 2. The second-order valence-electron chi connectivity index (χ2n) is 5.37. The number of fused-ring (bicyclic) bond motifs is 1. The van der Waals surface area contributed by atoms with Gasteiger partial charge in [-0.05, 0) is 43.2 Å². The molecule has 1 aromatic rings. The summed E-state index contributed by atoms with van der Waals surface area (Å²) < 4.78 is 0. The smallest absolute Gasteiger partial charge is 0.0852 e. The van der Waals surface area contributed by atoms with E-state index in [4.69, 9.17) is 0 Å². The fraction of sp³-hybridized carbons (Fsp3) is 0.571. The van der Waals surface area contributed by atoms with Crippen molar-refractivity contribution < 1.29 is 10.2 Å². The van der Waals surface area contributed by atoms with Crippen LogP contribution in [0.25, 0.3) is 0 Å². The Bertz CT molecular complexity index is 391. The predicted molar refractivity (Wildman–Crippen MR) is 62.0 cm³/mol. The summed E-state index contributed by atoms with van der Waals surface area (Å²) in [7, 11) is 0. The monoisotopic (exact) mass is 218 g/mol. The number of rotatable bonds is 0. The van der Waals surface area contributed by atoms with Gasteiger partial charge in [-0.25, -0.2) is 0 Å². The summed E-state index contributed by atoms with van der Waals surface area (Å²) in [5, 5.41) is 20.0. The van der Waals surface area contributed by atoms with Crippen molar-refractivity contribution in [2.75, 3.05) is 0 Å². The molecule has 1 fully saturated rings. The van der Waals surface area contributed by atoms with E-state index in [1.165, 1.54) is 5.56 Å². The van der Waals surface area contributed by atoms with Crippen LogP contribution in [-0.2, 0) is 6.42 Å². The van der Waals surface area contributed by atoms with Gasteiger partial charge in [0.1, 0.15) is 0 Å².